The Hall–Kier alpha value is -3.42. The third-order valence-electron chi connectivity index (χ3n) is 4.50. The lowest BCUT2D eigenvalue weighted by atomic mass is 10.2. The van der Waals surface area contributed by atoms with Gasteiger partial charge in [0.2, 0.25) is 0 Å². The third-order valence-corrected chi connectivity index (χ3v) is 4.50. The Kier molecular flexibility index (Phi) is 5.99. The molecule has 0 unspecified atom stereocenters. The van der Waals surface area contributed by atoms with Crippen molar-refractivity contribution in [3.63, 3.8) is 0 Å². The minimum atomic E-state index is 0.0188. The average molecular weight is 387 g/mol. The number of azo groups is 2. The van der Waals surface area contributed by atoms with E-state index in [9.17, 15) is 0 Å². The van der Waals surface area contributed by atoms with E-state index in [1.807, 2.05) is 72.8 Å². The van der Waals surface area contributed by atoms with Crippen LogP contribution in [0.15, 0.2) is 93.3 Å². The van der Waals surface area contributed by atoms with Gasteiger partial charge in [0, 0.05) is 12.2 Å². The molecule has 7 heteroatoms. The highest BCUT2D eigenvalue weighted by atomic mass is 16.5. The van der Waals surface area contributed by atoms with E-state index in [2.05, 4.69) is 25.4 Å². The Balaban J connectivity index is 1.36. The predicted octanol–water partition coefficient (Wildman–Crippen LogP) is 5.80. The molecule has 1 fully saturated rings. The number of hydrogen-bond acceptors (Lipinski definition) is 7. The second-order valence-electron chi connectivity index (χ2n) is 6.56. The van der Waals surface area contributed by atoms with Gasteiger partial charge in [-0.05, 0) is 66.2 Å². The molecule has 1 aliphatic rings. The van der Waals surface area contributed by atoms with E-state index in [0.29, 0.717) is 6.73 Å². The number of anilines is 1. The second-order valence-corrected chi connectivity index (χ2v) is 6.56. The van der Waals surface area contributed by atoms with Crippen LogP contribution >= 0.6 is 0 Å². The lowest BCUT2D eigenvalue weighted by molar-refractivity contribution is 0.201. The van der Waals surface area contributed by atoms with Gasteiger partial charge >= 0.3 is 0 Å². The largest absolute Gasteiger partial charge is 0.392 e. The molecule has 0 saturated carbocycles. The molecular formula is C22H21N5O2. The highest BCUT2D eigenvalue weighted by Crippen LogP contribution is 2.25. The van der Waals surface area contributed by atoms with E-state index in [0.717, 1.165) is 47.2 Å². The molecule has 0 aromatic heterocycles. The van der Waals surface area contributed by atoms with Gasteiger partial charge in [-0.2, -0.15) is 20.5 Å². The first-order chi connectivity index (χ1) is 14.3. The number of rotatable bonds is 6. The summed E-state index contributed by atoms with van der Waals surface area (Å²) in [4.78, 5) is 2.18. The molecule has 0 atom stereocenters. The molecule has 1 heterocycles. The topological polar surface area (TPSA) is 82.1 Å². The molecule has 0 amide bonds. The van der Waals surface area contributed by atoms with Crippen LogP contribution in [-0.2, 0) is 11.3 Å². The van der Waals surface area contributed by atoms with Crippen molar-refractivity contribution in [3.05, 3.63) is 78.4 Å². The maximum atomic E-state index is 9.06. The van der Waals surface area contributed by atoms with E-state index in [1.165, 1.54) is 0 Å². The number of nitrogens with zero attached hydrogens (tertiary/aromatic N) is 5. The summed E-state index contributed by atoms with van der Waals surface area (Å²) in [7, 11) is 0. The minimum absolute atomic E-state index is 0.0188. The Morgan fingerprint density at radius 3 is 1.55 bits per heavy atom. The molecule has 1 aliphatic heterocycles. The van der Waals surface area contributed by atoms with Gasteiger partial charge in [-0.25, -0.2) is 0 Å². The maximum Gasteiger partial charge on any atom is 0.119 e. The monoisotopic (exact) mass is 387 g/mol. The first kappa shape index (κ1) is 18.9. The van der Waals surface area contributed by atoms with Crippen LogP contribution in [0, 0.1) is 0 Å². The van der Waals surface area contributed by atoms with Crippen molar-refractivity contribution in [3.8, 4) is 0 Å². The molecule has 0 bridgehead atoms. The van der Waals surface area contributed by atoms with Gasteiger partial charge < -0.3 is 14.7 Å². The van der Waals surface area contributed by atoms with E-state index in [-0.39, 0.29) is 6.61 Å². The fourth-order valence-corrected chi connectivity index (χ4v) is 2.83. The van der Waals surface area contributed by atoms with Crippen LogP contribution < -0.4 is 4.90 Å². The molecule has 1 saturated heterocycles. The van der Waals surface area contributed by atoms with Gasteiger partial charge in [-0.1, -0.05) is 12.1 Å². The Morgan fingerprint density at radius 2 is 1.14 bits per heavy atom. The number of aliphatic hydroxyl groups is 1. The molecule has 0 spiro atoms. The summed E-state index contributed by atoms with van der Waals surface area (Å²) in [6, 6.07) is 22.6. The number of aliphatic hydroxyl groups excluding tert-OH is 1. The summed E-state index contributed by atoms with van der Waals surface area (Å²) in [5, 5.41) is 26.0. The summed E-state index contributed by atoms with van der Waals surface area (Å²) < 4.78 is 5.37. The van der Waals surface area contributed by atoms with Crippen LogP contribution in [0.25, 0.3) is 0 Å². The molecule has 29 heavy (non-hydrogen) atoms. The van der Waals surface area contributed by atoms with Gasteiger partial charge in [0.25, 0.3) is 0 Å². The van der Waals surface area contributed by atoms with Gasteiger partial charge in [0.15, 0.2) is 0 Å². The fraction of sp³-hybridized carbons (Fsp3) is 0.182. The SMILES string of the molecule is OCc1ccc(N=Nc2ccc(N=Nc3ccc(N4CCOC4)cc3)cc2)cc1. The highest BCUT2D eigenvalue weighted by Gasteiger charge is 2.11. The average Bonchev–Trinajstić information content (AvgIpc) is 3.33. The predicted molar refractivity (Wildman–Crippen MR) is 112 cm³/mol. The van der Waals surface area contributed by atoms with Crippen LogP contribution in [0.1, 0.15) is 5.56 Å². The van der Waals surface area contributed by atoms with Gasteiger partial charge in [-0.15, -0.1) is 0 Å². The Bertz CT molecular complexity index is 977. The molecule has 3 aromatic rings. The number of benzene rings is 3. The quantitative estimate of drug-likeness (QED) is 0.542. The lowest BCUT2D eigenvalue weighted by Gasteiger charge is -2.15. The molecule has 4 rings (SSSR count). The Morgan fingerprint density at radius 1 is 0.690 bits per heavy atom. The van der Waals surface area contributed by atoms with Crippen LogP contribution in [0.3, 0.4) is 0 Å². The first-order valence-corrected chi connectivity index (χ1v) is 9.36. The summed E-state index contributed by atoms with van der Waals surface area (Å²) in [5.41, 5.74) is 4.97. The number of ether oxygens (including phenoxy) is 1. The lowest BCUT2D eigenvalue weighted by Crippen LogP contribution is -2.17. The van der Waals surface area contributed by atoms with Crippen molar-refractivity contribution in [2.45, 2.75) is 6.61 Å². The minimum Gasteiger partial charge on any atom is -0.392 e. The molecular weight excluding hydrogens is 366 g/mol. The van der Waals surface area contributed by atoms with Crippen molar-refractivity contribution < 1.29 is 9.84 Å². The standard InChI is InChI=1S/C22H21N5O2/c28-15-17-1-3-18(4-2-17)23-24-19-5-7-20(8-6-19)25-26-21-9-11-22(12-10-21)27-13-14-29-16-27/h1-12,28H,13-16H2. The smallest absolute Gasteiger partial charge is 0.119 e. The zero-order valence-electron chi connectivity index (χ0n) is 15.8. The first-order valence-electron chi connectivity index (χ1n) is 9.36. The van der Waals surface area contributed by atoms with E-state index in [4.69, 9.17) is 9.84 Å². The van der Waals surface area contributed by atoms with Crippen LogP contribution in [-0.4, -0.2) is 25.0 Å². The summed E-state index contributed by atoms with van der Waals surface area (Å²) in [5.74, 6) is 0. The molecule has 0 aliphatic carbocycles. The molecule has 3 aromatic carbocycles. The maximum absolute atomic E-state index is 9.06. The van der Waals surface area contributed by atoms with Crippen LogP contribution in [0.2, 0.25) is 0 Å². The van der Waals surface area contributed by atoms with Gasteiger partial charge in [0.1, 0.15) is 6.73 Å². The highest BCUT2D eigenvalue weighted by molar-refractivity contribution is 5.53. The molecule has 146 valence electrons. The summed E-state index contributed by atoms with van der Waals surface area (Å²) in [6.45, 7) is 2.34. The van der Waals surface area contributed by atoms with Crippen molar-refractivity contribution in [2.24, 2.45) is 20.5 Å². The van der Waals surface area contributed by atoms with Gasteiger partial charge in [-0.3, -0.25) is 0 Å². The molecule has 0 radical (unpaired) electrons. The second kappa shape index (κ2) is 9.18. The van der Waals surface area contributed by atoms with Crippen LogP contribution in [0.4, 0.5) is 28.4 Å². The zero-order chi connectivity index (χ0) is 19.9. The van der Waals surface area contributed by atoms with E-state index in [1.54, 1.807) is 0 Å². The number of hydrogen-bond donors (Lipinski definition) is 1. The zero-order valence-corrected chi connectivity index (χ0v) is 15.8. The van der Waals surface area contributed by atoms with Crippen molar-refractivity contribution in [2.75, 3.05) is 24.8 Å². The van der Waals surface area contributed by atoms with Gasteiger partial charge in [0.05, 0.1) is 36.0 Å². The van der Waals surface area contributed by atoms with E-state index >= 15 is 0 Å². The molecule has 1 N–H and O–H groups in total. The summed E-state index contributed by atoms with van der Waals surface area (Å²) in [6.07, 6.45) is 0. The normalized spacial score (nSPS) is 14.3. The molecule has 7 nitrogen and oxygen atoms in total. The van der Waals surface area contributed by atoms with Crippen molar-refractivity contribution >= 4 is 28.4 Å². The van der Waals surface area contributed by atoms with E-state index < -0.39 is 0 Å². The van der Waals surface area contributed by atoms with Crippen LogP contribution in [0.5, 0.6) is 0 Å². The fourth-order valence-electron chi connectivity index (χ4n) is 2.83. The Labute approximate surface area is 169 Å². The summed E-state index contributed by atoms with van der Waals surface area (Å²) >= 11 is 0. The van der Waals surface area contributed by atoms with Crippen molar-refractivity contribution in [1.82, 2.24) is 0 Å². The van der Waals surface area contributed by atoms with Crippen molar-refractivity contribution in [1.29, 1.82) is 0 Å². The third kappa shape index (κ3) is 5.10.